The standard InChI is InChI=1S/C18H16N6O2/c25-17(21-16-5-1-3-13-4-2-10-19-18(13)16)11-26-15-8-6-14(7-9-15)24-12-20-22-23-24/h1-10,12,22-23H,11H2,(H,21,25). The Morgan fingerprint density at radius 3 is 2.77 bits per heavy atom. The molecule has 0 saturated carbocycles. The number of hydrazine groups is 2. The molecule has 0 bridgehead atoms. The molecule has 2 heterocycles. The molecular formula is C18H16N6O2. The van der Waals surface area contributed by atoms with Crippen molar-refractivity contribution >= 4 is 34.5 Å². The normalized spacial score (nSPS) is 12.8. The fraction of sp³-hybridized carbons (Fsp3) is 0.0556. The number of amides is 1. The van der Waals surface area contributed by atoms with E-state index in [4.69, 9.17) is 4.74 Å². The predicted octanol–water partition coefficient (Wildman–Crippen LogP) is 2.02. The van der Waals surface area contributed by atoms with E-state index in [2.05, 4.69) is 26.5 Å². The molecular weight excluding hydrogens is 332 g/mol. The lowest BCUT2D eigenvalue weighted by Crippen LogP contribution is -2.37. The van der Waals surface area contributed by atoms with Crippen molar-refractivity contribution in [1.29, 1.82) is 0 Å². The summed E-state index contributed by atoms with van der Waals surface area (Å²) in [5.41, 5.74) is 7.76. The second kappa shape index (κ2) is 7.08. The third-order valence-electron chi connectivity index (χ3n) is 3.80. The number of pyridine rings is 1. The van der Waals surface area contributed by atoms with Crippen LogP contribution in [0.4, 0.5) is 11.4 Å². The second-order valence-corrected chi connectivity index (χ2v) is 5.55. The lowest BCUT2D eigenvalue weighted by atomic mass is 10.2. The van der Waals surface area contributed by atoms with Crippen LogP contribution in [0.25, 0.3) is 10.9 Å². The van der Waals surface area contributed by atoms with E-state index in [-0.39, 0.29) is 12.5 Å². The first kappa shape index (κ1) is 15.9. The van der Waals surface area contributed by atoms with Gasteiger partial charge in [0.1, 0.15) is 12.1 Å². The third-order valence-corrected chi connectivity index (χ3v) is 3.80. The lowest BCUT2D eigenvalue weighted by Gasteiger charge is -2.14. The van der Waals surface area contributed by atoms with Gasteiger partial charge in [0.15, 0.2) is 6.61 Å². The molecule has 1 aromatic heterocycles. The van der Waals surface area contributed by atoms with Gasteiger partial charge in [-0.05, 0) is 36.4 Å². The highest BCUT2D eigenvalue weighted by atomic mass is 16.5. The van der Waals surface area contributed by atoms with Gasteiger partial charge in [-0.1, -0.05) is 18.2 Å². The SMILES string of the molecule is O=C(COc1ccc(N2C=NNN2)cc1)Nc1cccc2cccnc12. The van der Waals surface area contributed by atoms with E-state index in [9.17, 15) is 4.79 Å². The molecule has 3 aromatic rings. The number of aromatic nitrogens is 1. The Hall–Kier alpha value is -3.65. The van der Waals surface area contributed by atoms with E-state index in [0.717, 1.165) is 16.6 Å². The van der Waals surface area contributed by atoms with Crippen LogP contribution in [0.5, 0.6) is 5.75 Å². The Kier molecular flexibility index (Phi) is 4.31. The Balaban J connectivity index is 1.37. The van der Waals surface area contributed by atoms with Gasteiger partial charge in [0.05, 0.1) is 16.9 Å². The van der Waals surface area contributed by atoms with Gasteiger partial charge < -0.3 is 10.1 Å². The van der Waals surface area contributed by atoms with Gasteiger partial charge in [-0.25, -0.2) is 10.5 Å². The molecule has 0 fully saturated rings. The molecule has 8 heteroatoms. The highest BCUT2D eigenvalue weighted by Crippen LogP contribution is 2.21. The number of carbonyl (C=O) groups excluding carboxylic acids is 1. The molecule has 8 nitrogen and oxygen atoms in total. The molecule has 26 heavy (non-hydrogen) atoms. The molecule has 0 aliphatic carbocycles. The van der Waals surface area contributed by atoms with Gasteiger partial charge in [0.25, 0.3) is 5.91 Å². The van der Waals surface area contributed by atoms with Crippen molar-refractivity contribution < 1.29 is 9.53 Å². The highest BCUT2D eigenvalue weighted by molar-refractivity contribution is 6.00. The largest absolute Gasteiger partial charge is 0.484 e. The first-order chi connectivity index (χ1) is 12.8. The number of nitrogens with zero attached hydrogens (tertiary/aromatic N) is 3. The summed E-state index contributed by atoms with van der Waals surface area (Å²) in [7, 11) is 0. The van der Waals surface area contributed by atoms with E-state index >= 15 is 0 Å². The smallest absolute Gasteiger partial charge is 0.262 e. The van der Waals surface area contributed by atoms with Crippen LogP contribution in [0.15, 0.2) is 65.9 Å². The maximum atomic E-state index is 12.2. The van der Waals surface area contributed by atoms with Crippen molar-refractivity contribution in [2.75, 3.05) is 16.9 Å². The Morgan fingerprint density at radius 1 is 1.12 bits per heavy atom. The van der Waals surface area contributed by atoms with E-state index in [1.807, 2.05) is 42.5 Å². The van der Waals surface area contributed by atoms with Crippen LogP contribution in [0.1, 0.15) is 0 Å². The average Bonchev–Trinajstić information content (AvgIpc) is 3.22. The van der Waals surface area contributed by atoms with Crippen LogP contribution in [0, 0.1) is 0 Å². The summed E-state index contributed by atoms with van der Waals surface area (Å²) < 4.78 is 5.55. The maximum Gasteiger partial charge on any atom is 0.262 e. The summed E-state index contributed by atoms with van der Waals surface area (Å²) in [5, 5.41) is 9.36. The number of hydrazone groups is 1. The monoisotopic (exact) mass is 348 g/mol. The van der Waals surface area contributed by atoms with Crippen molar-refractivity contribution in [2.45, 2.75) is 0 Å². The van der Waals surface area contributed by atoms with Gasteiger partial charge in [0.2, 0.25) is 0 Å². The van der Waals surface area contributed by atoms with Crippen LogP contribution < -0.4 is 26.1 Å². The number of hydrogen-bond acceptors (Lipinski definition) is 7. The fourth-order valence-corrected chi connectivity index (χ4v) is 2.57. The number of rotatable bonds is 5. The quantitative estimate of drug-likeness (QED) is 0.654. The van der Waals surface area contributed by atoms with Gasteiger partial charge in [-0.15, -0.1) is 5.53 Å². The minimum atomic E-state index is -0.246. The second-order valence-electron chi connectivity index (χ2n) is 5.55. The van der Waals surface area contributed by atoms with Gasteiger partial charge >= 0.3 is 0 Å². The topological polar surface area (TPSA) is 90.9 Å². The van der Waals surface area contributed by atoms with Crippen molar-refractivity contribution in [1.82, 2.24) is 16.1 Å². The van der Waals surface area contributed by atoms with Crippen LogP contribution in [0.3, 0.4) is 0 Å². The van der Waals surface area contributed by atoms with Crippen molar-refractivity contribution in [2.24, 2.45) is 5.10 Å². The molecule has 0 atom stereocenters. The predicted molar refractivity (Wildman–Crippen MR) is 99.6 cm³/mol. The Bertz CT molecular complexity index is 952. The molecule has 0 unspecified atom stereocenters. The number of nitrogens with one attached hydrogen (secondary N) is 3. The highest BCUT2D eigenvalue weighted by Gasteiger charge is 2.09. The van der Waals surface area contributed by atoms with Gasteiger partial charge in [-0.2, -0.15) is 5.10 Å². The number of fused-ring (bicyclic) bond motifs is 1. The Morgan fingerprint density at radius 2 is 1.96 bits per heavy atom. The zero-order chi connectivity index (χ0) is 17.8. The summed E-state index contributed by atoms with van der Waals surface area (Å²) in [6.45, 7) is -0.0897. The summed E-state index contributed by atoms with van der Waals surface area (Å²) in [5.74, 6) is 0.355. The zero-order valence-corrected chi connectivity index (χ0v) is 13.7. The molecule has 3 N–H and O–H groups in total. The van der Waals surface area contributed by atoms with Crippen molar-refractivity contribution in [3.63, 3.8) is 0 Å². The first-order valence-electron chi connectivity index (χ1n) is 7.99. The maximum absolute atomic E-state index is 12.2. The average molecular weight is 348 g/mol. The number of carbonyl (C=O) groups is 1. The van der Waals surface area contributed by atoms with Crippen molar-refractivity contribution in [3.05, 3.63) is 60.8 Å². The lowest BCUT2D eigenvalue weighted by molar-refractivity contribution is -0.118. The molecule has 2 aromatic carbocycles. The molecule has 1 aliphatic rings. The molecule has 130 valence electrons. The molecule has 1 aliphatic heterocycles. The van der Waals surface area contributed by atoms with Crippen LogP contribution >= 0.6 is 0 Å². The van der Waals surface area contributed by atoms with E-state index in [0.29, 0.717) is 11.4 Å². The summed E-state index contributed by atoms with van der Waals surface area (Å²) in [6.07, 6.45) is 3.31. The molecule has 4 rings (SSSR count). The fourth-order valence-electron chi connectivity index (χ4n) is 2.57. The number of anilines is 2. The Labute approximate surface area is 149 Å². The minimum Gasteiger partial charge on any atom is -0.484 e. The van der Waals surface area contributed by atoms with Gasteiger partial charge in [-0.3, -0.25) is 9.78 Å². The number of benzene rings is 2. The molecule has 0 spiro atoms. The molecule has 0 radical (unpaired) electrons. The summed E-state index contributed by atoms with van der Waals surface area (Å²) in [6, 6.07) is 16.7. The van der Waals surface area contributed by atoms with Crippen LogP contribution in [-0.2, 0) is 4.79 Å². The van der Waals surface area contributed by atoms with E-state index < -0.39 is 0 Å². The number of hydrogen-bond donors (Lipinski definition) is 3. The van der Waals surface area contributed by atoms with Crippen molar-refractivity contribution in [3.8, 4) is 5.75 Å². The van der Waals surface area contributed by atoms with Crippen LogP contribution in [0.2, 0.25) is 0 Å². The first-order valence-corrected chi connectivity index (χ1v) is 7.99. The summed E-state index contributed by atoms with van der Waals surface area (Å²) in [4.78, 5) is 16.5. The number of para-hydroxylation sites is 1. The molecule has 0 saturated heterocycles. The third kappa shape index (κ3) is 3.40. The number of ether oxygens (including phenoxy) is 1. The molecule has 1 amide bonds. The van der Waals surface area contributed by atoms with Gasteiger partial charge in [0, 0.05) is 11.6 Å². The van der Waals surface area contributed by atoms with E-state index in [1.54, 1.807) is 29.7 Å². The summed E-state index contributed by atoms with van der Waals surface area (Å²) >= 11 is 0. The zero-order valence-electron chi connectivity index (χ0n) is 13.7. The van der Waals surface area contributed by atoms with E-state index in [1.165, 1.54) is 0 Å². The minimum absolute atomic E-state index is 0.0897. The van der Waals surface area contributed by atoms with Crippen LogP contribution in [-0.4, -0.2) is 23.8 Å².